The van der Waals surface area contributed by atoms with Crippen molar-refractivity contribution in [2.24, 2.45) is 5.92 Å². The van der Waals surface area contributed by atoms with Crippen LogP contribution in [0, 0.1) is 12.8 Å². The van der Waals surface area contributed by atoms with Crippen LogP contribution in [0.4, 0.5) is 5.95 Å². The number of rotatable bonds is 5. The largest absolute Gasteiger partial charge is 0.323 e. The minimum atomic E-state index is -0.416. The van der Waals surface area contributed by atoms with Crippen molar-refractivity contribution in [3.05, 3.63) is 63.8 Å². The van der Waals surface area contributed by atoms with E-state index in [-0.39, 0.29) is 17.9 Å². The van der Waals surface area contributed by atoms with Crippen LogP contribution in [0.2, 0.25) is 0 Å². The number of benzene rings is 2. The molecule has 156 valence electrons. The van der Waals surface area contributed by atoms with Crippen LogP contribution in [0.3, 0.4) is 0 Å². The lowest BCUT2D eigenvalue weighted by Crippen LogP contribution is -2.63. The summed E-state index contributed by atoms with van der Waals surface area (Å²) in [7, 11) is 0. The lowest BCUT2D eigenvalue weighted by atomic mass is 9.91. The summed E-state index contributed by atoms with van der Waals surface area (Å²) in [5.41, 5.74) is 4.21. The van der Waals surface area contributed by atoms with Crippen LogP contribution in [-0.4, -0.2) is 28.2 Å². The fraction of sp³-hybridized carbons (Fsp3) is 0.348. The number of anilines is 1. The lowest BCUT2D eigenvalue weighted by molar-refractivity contribution is -0.128. The second-order valence-corrected chi connectivity index (χ2v) is 8.73. The number of aromatic nitrogens is 2. The van der Waals surface area contributed by atoms with Crippen LogP contribution >= 0.6 is 15.9 Å². The highest BCUT2D eigenvalue weighted by Crippen LogP contribution is 2.21. The van der Waals surface area contributed by atoms with Crippen LogP contribution in [0.1, 0.15) is 30.7 Å². The first-order chi connectivity index (χ1) is 14.4. The summed E-state index contributed by atoms with van der Waals surface area (Å²) < 4.78 is 1.03. The Morgan fingerprint density at radius 1 is 1.10 bits per heavy atom. The molecule has 30 heavy (non-hydrogen) atoms. The quantitative estimate of drug-likeness (QED) is 0.529. The number of carbonyl (C=O) groups excluding carboxylic acids is 1. The van der Waals surface area contributed by atoms with Crippen LogP contribution in [0.15, 0.2) is 46.9 Å². The van der Waals surface area contributed by atoms with Crippen LogP contribution < -0.4 is 16.0 Å². The first-order valence-electron chi connectivity index (χ1n) is 10.3. The Labute approximate surface area is 185 Å². The minimum absolute atomic E-state index is 0.00793. The normalized spacial score (nSPS) is 21.5. The van der Waals surface area contributed by atoms with E-state index in [9.17, 15) is 4.79 Å². The lowest BCUT2D eigenvalue weighted by Gasteiger charge is -2.36. The fourth-order valence-corrected chi connectivity index (χ4v) is 4.13. The highest BCUT2D eigenvalue weighted by atomic mass is 79.9. The predicted octanol–water partition coefficient (Wildman–Crippen LogP) is 3.93. The topological polar surface area (TPSA) is 78.9 Å². The van der Waals surface area contributed by atoms with Crippen LogP contribution in [0.25, 0.3) is 10.9 Å². The van der Waals surface area contributed by atoms with E-state index in [2.05, 4.69) is 60.9 Å². The van der Waals surface area contributed by atoms with Gasteiger partial charge >= 0.3 is 0 Å². The van der Waals surface area contributed by atoms with Crippen LogP contribution in [-0.2, 0) is 17.6 Å². The molecule has 2 heterocycles. The van der Waals surface area contributed by atoms with E-state index < -0.39 is 6.29 Å². The van der Waals surface area contributed by atoms with E-state index in [0.29, 0.717) is 12.4 Å². The average molecular weight is 468 g/mol. The van der Waals surface area contributed by atoms with Gasteiger partial charge in [-0.2, -0.15) is 0 Å². The number of fused-ring (bicyclic) bond motifs is 1. The van der Waals surface area contributed by atoms with Gasteiger partial charge in [0.15, 0.2) is 6.29 Å². The van der Waals surface area contributed by atoms with E-state index in [1.54, 1.807) is 0 Å². The van der Waals surface area contributed by atoms with E-state index in [1.165, 1.54) is 5.56 Å². The van der Waals surface area contributed by atoms with Crippen molar-refractivity contribution >= 4 is 38.7 Å². The molecule has 3 atom stereocenters. The molecule has 1 aromatic heterocycles. The molecule has 2 aromatic carbocycles. The molecule has 0 radical (unpaired) electrons. The van der Waals surface area contributed by atoms with Gasteiger partial charge in [0.05, 0.1) is 17.1 Å². The van der Waals surface area contributed by atoms with E-state index in [1.807, 2.05) is 44.2 Å². The van der Waals surface area contributed by atoms with E-state index >= 15 is 0 Å². The summed E-state index contributed by atoms with van der Waals surface area (Å²) in [4.78, 5) is 22.0. The third-order valence-electron chi connectivity index (χ3n) is 5.66. The molecule has 0 spiro atoms. The number of hydrogen-bond donors (Lipinski definition) is 3. The summed E-state index contributed by atoms with van der Waals surface area (Å²) in [6.45, 7) is 6.16. The molecule has 4 rings (SSSR count). The highest BCUT2D eigenvalue weighted by Gasteiger charge is 2.33. The average Bonchev–Trinajstić information content (AvgIpc) is 2.72. The van der Waals surface area contributed by atoms with Crippen molar-refractivity contribution in [3.8, 4) is 0 Å². The van der Waals surface area contributed by atoms with Crippen molar-refractivity contribution in [1.29, 1.82) is 0 Å². The first kappa shape index (κ1) is 20.8. The molecule has 0 saturated carbocycles. The standard InChI is InChI=1S/C23H26BrN5O/c1-4-15-7-10-20-18(11-15)13(2)25-22(27-20)29-23-26-14(3)19(21(30)28-23)12-16-5-8-17(24)9-6-16/h5-11,14,19,23,26H,4,12H2,1-3H3,(H,28,30)(H,25,27,29). The number of aryl methyl sites for hydroxylation is 2. The number of hydrogen-bond acceptors (Lipinski definition) is 5. The number of halogens is 1. The van der Waals surface area contributed by atoms with Gasteiger partial charge in [-0.1, -0.05) is 41.1 Å². The molecule has 1 aliphatic heterocycles. The number of nitrogens with zero attached hydrogens (tertiary/aromatic N) is 2. The second kappa shape index (κ2) is 8.70. The third kappa shape index (κ3) is 4.47. The maximum Gasteiger partial charge on any atom is 0.227 e. The Hall–Kier alpha value is -2.51. The molecule has 0 bridgehead atoms. The van der Waals surface area contributed by atoms with Crippen LogP contribution in [0.5, 0.6) is 0 Å². The number of nitrogens with one attached hydrogen (secondary N) is 3. The van der Waals surface area contributed by atoms with Crippen molar-refractivity contribution < 1.29 is 4.79 Å². The van der Waals surface area contributed by atoms with Gasteiger partial charge in [-0.05, 0) is 62.1 Å². The summed E-state index contributed by atoms with van der Waals surface area (Å²) >= 11 is 3.45. The van der Waals surface area contributed by atoms with Crippen molar-refractivity contribution in [1.82, 2.24) is 20.6 Å². The molecule has 1 aliphatic rings. The SMILES string of the molecule is CCc1ccc2nc(NC3NC(=O)C(Cc4ccc(Br)cc4)C(C)N3)nc(C)c2c1. The van der Waals surface area contributed by atoms with Gasteiger partial charge in [0.1, 0.15) is 0 Å². The maximum absolute atomic E-state index is 12.8. The zero-order valence-corrected chi connectivity index (χ0v) is 19.0. The van der Waals surface area contributed by atoms with Gasteiger partial charge in [-0.25, -0.2) is 9.97 Å². The Morgan fingerprint density at radius 2 is 1.83 bits per heavy atom. The van der Waals surface area contributed by atoms with Gasteiger partial charge in [0.25, 0.3) is 0 Å². The van der Waals surface area contributed by atoms with Crippen molar-refractivity contribution in [2.75, 3.05) is 5.32 Å². The Morgan fingerprint density at radius 3 is 2.53 bits per heavy atom. The summed E-state index contributed by atoms with van der Waals surface area (Å²) in [6, 6.07) is 14.4. The van der Waals surface area contributed by atoms with E-state index in [4.69, 9.17) is 0 Å². The smallest absolute Gasteiger partial charge is 0.227 e. The molecule has 0 aliphatic carbocycles. The zero-order valence-electron chi connectivity index (χ0n) is 17.4. The maximum atomic E-state index is 12.8. The fourth-order valence-electron chi connectivity index (χ4n) is 3.86. The zero-order chi connectivity index (χ0) is 21.3. The van der Waals surface area contributed by atoms with Gasteiger partial charge in [0.2, 0.25) is 11.9 Å². The van der Waals surface area contributed by atoms with E-state index in [0.717, 1.165) is 33.1 Å². The Kier molecular flexibility index (Phi) is 6.01. The molecule has 1 saturated heterocycles. The van der Waals surface area contributed by atoms with Gasteiger partial charge in [-0.3, -0.25) is 10.1 Å². The number of carbonyl (C=O) groups is 1. The Bertz CT molecular complexity index is 1070. The molecular formula is C23H26BrN5O. The van der Waals surface area contributed by atoms with Gasteiger partial charge in [-0.15, -0.1) is 0 Å². The minimum Gasteiger partial charge on any atom is -0.323 e. The Balaban J connectivity index is 1.46. The third-order valence-corrected chi connectivity index (χ3v) is 6.19. The molecule has 1 amide bonds. The monoisotopic (exact) mass is 467 g/mol. The molecule has 6 nitrogen and oxygen atoms in total. The van der Waals surface area contributed by atoms with Crippen molar-refractivity contribution in [3.63, 3.8) is 0 Å². The molecule has 3 aromatic rings. The highest BCUT2D eigenvalue weighted by molar-refractivity contribution is 9.10. The molecule has 3 N–H and O–H groups in total. The predicted molar refractivity (Wildman–Crippen MR) is 123 cm³/mol. The molecular weight excluding hydrogens is 442 g/mol. The van der Waals surface area contributed by atoms with Gasteiger partial charge < -0.3 is 10.6 Å². The van der Waals surface area contributed by atoms with Crippen molar-refractivity contribution in [2.45, 2.75) is 45.9 Å². The van der Waals surface area contributed by atoms with Gasteiger partial charge in [0, 0.05) is 15.9 Å². The molecule has 7 heteroatoms. The summed E-state index contributed by atoms with van der Waals surface area (Å²) in [5, 5.41) is 10.7. The summed E-state index contributed by atoms with van der Waals surface area (Å²) in [5.74, 6) is 0.378. The molecule has 1 fully saturated rings. The second-order valence-electron chi connectivity index (χ2n) is 7.82. The summed E-state index contributed by atoms with van der Waals surface area (Å²) in [6.07, 6.45) is 1.25. The first-order valence-corrected chi connectivity index (χ1v) is 11.1. The number of amides is 1. The molecule has 3 unspecified atom stereocenters.